The number of rotatable bonds is 6. The number of anilines is 1. The number of hydrazine groups is 1. The Hall–Kier alpha value is -1.89. The van der Waals surface area contributed by atoms with E-state index in [9.17, 15) is 4.79 Å². The molecule has 1 aromatic heterocycles. The van der Waals surface area contributed by atoms with Crippen molar-refractivity contribution in [1.29, 1.82) is 0 Å². The van der Waals surface area contributed by atoms with Gasteiger partial charge in [-0.15, -0.1) is 0 Å². The minimum Gasteiger partial charge on any atom is -0.481 e. The number of ether oxygens (including phenoxy) is 2. The third kappa shape index (κ3) is 4.36. The van der Waals surface area contributed by atoms with Gasteiger partial charge >= 0.3 is 0 Å². The van der Waals surface area contributed by atoms with E-state index in [0.717, 1.165) is 12.8 Å². The van der Waals surface area contributed by atoms with Crippen LogP contribution in [0.1, 0.15) is 25.7 Å². The van der Waals surface area contributed by atoms with Crippen molar-refractivity contribution < 1.29 is 14.3 Å². The first-order valence-corrected chi connectivity index (χ1v) is 6.31. The van der Waals surface area contributed by atoms with Crippen molar-refractivity contribution in [2.75, 3.05) is 19.1 Å². The van der Waals surface area contributed by atoms with Gasteiger partial charge in [0.15, 0.2) is 0 Å². The van der Waals surface area contributed by atoms with Gasteiger partial charge in [0.2, 0.25) is 11.8 Å². The molecule has 1 saturated carbocycles. The van der Waals surface area contributed by atoms with Crippen molar-refractivity contribution in [1.82, 2.24) is 15.4 Å². The molecule has 7 heteroatoms. The Labute approximate surface area is 111 Å². The monoisotopic (exact) mass is 266 g/mol. The molecule has 7 nitrogen and oxygen atoms in total. The summed E-state index contributed by atoms with van der Waals surface area (Å²) in [5.74, 6) is 0.445. The smallest absolute Gasteiger partial charge is 0.264 e. The van der Waals surface area contributed by atoms with E-state index in [1.165, 1.54) is 26.1 Å². The SMILES string of the molecule is COc1ccnc(NNC(=O)COC2CCCC2)n1. The second-order valence-electron chi connectivity index (χ2n) is 4.31. The van der Waals surface area contributed by atoms with E-state index in [0.29, 0.717) is 5.88 Å². The number of nitrogens with zero attached hydrogens (tertiary/aromatic N) is 2. The van der Waals surface area contributed by atoms with Gasteiger partial charge in [-0.3, -0.25) is 15.6 Å². The number of hydrogen-bond donors (Lipinski definition) is 2. The minimum absolute atomic E-state index is 0.0433. The molecule has 1 heterocycles. The van der Waals surface area contributed by atoms with Crippen LogP contribution in [0.2, 0.25) is 0 Å². The maximum atomic E-state index is 11.5. The van der Waals surface area contributed by atoms with Crippen LogP contribution in [0, 0.1) is 0 Å². The van der Waals surface area contributed by atoms with E-state index in [2.05, 4.69) is 20.8 Å². The van der Waals surface area contributed by atoms with Gasteiger partial charge in [0.05, 0.1) is 13.2 Å². The van der Waals surface area contributed by atoms with Crippen molar-refractivity contribution in [3.63, 3.8) is 0 Å². The topological polar surface area (TPSA) is 85.4 Å². The van der Waals surface area contributed by atoms with Crippen LogP contribution >= 0.6 is 0 Å². The Bertz CT molecular complexity index is 421. The normalized spacial score (nSPS) is 15.2. The Morgan fingerprint density at radius 1 is 1.47 bits per heavy atom. The fourth-order valence-electron chi connectivity index (χ4n) is 1.93. The summed E-state index contributed by atoms with van der Waals surface area (Å²) in [6.07, 6.45) is 6.21. The summed E-state index contributed by atoms with van der Waals surface area (Å²) < 4.78 is 10.4. The number of nitrogens with one attached hydrogen (secondary N) is 2. The molecular formula is C12H18N4O3. The van der Waals surface area contributed by atoms with Crippen LogP contribution in [0.25, 0.3) is 0 Å². The van der Waals surface area contributed by atoms with E-state index in [4.69, 9.17) is 9.47 Å². The standard InChI is InChI=1S/C12H18N4O3/c1-18-11-6-7-13-12(14-11)16-15-10(17)8-19-9-4-2-3-5-9/h6-7,9H,2-5,8H2,1H3,(H,15,17)(H,13,14,16). The lowest BCUT2D eigenvalue weighted by atomic mass is 10.3. The lowest BCUT2D eigenvalue weighted by Crippen LogP contribution is -2.34. The zero-order valence-corrected chi connectivity index (χ0v) is 10.9. The number of hydrogen-bond acceptors (Lipinski definition) is 6. The molecule has 2 N–H and O–H groups in total. The fourth-order valence-corrected chi connectivity index (χ4v) is 1.93. The zero-order chi connectivity index (χ0) is 13.5. The molecule has 0 unspecified atom stereocenters. The molecule has 1 fully saturated rings. The van der Waals surface area contributed by atoms with Gasteiger partial charge < -0.3 is 9.47 Å². The van der Waals surface area contributed by atoms with Crippen LogP contribution in [-0.2, 0) is 9.53 Å². The third-order valence-corrected chi connectivity index (χ3v) is 2.91. The van der Waals surface area contributed by atoms with E-state index in [-0.39, 0.29) is 24.6 Å². The van der Waals surface area contributed by atoms with Gasteiger partial charge in [-0.25, -0.2) is 4.98 Å². The number of carbonyl (C=O) groups is 1. The Balaban J connectivity index is 1.70. The summed E-state index contributed by atoms with van der Waals surface area (Å²) in [5, 5.41) is 0. The van der Waals surface area contributed by atoms with E-state index >= 15 is 0 Å². The summed E-state index contributed by atoms with van der Waals surface area (Å²) in [4.78, 5) is 19.5. The van der Waals surface area contributed by atoms with E-state index in [1.807, 2.05) is 0 Å². The molecule has 0 atom stereocenters. The van der Waals surface area contributed by atoms with Crippen molar-refractivity contribution in [3.05, 3.63) is 12.3 Å². The number of methoxy groups -OCH3 is 1. The lowest BCUT2D eigenvalue weighted by molar-refractivity contribution is -0.127. The van der Waals surface area contributed by atoms with E-state index in [1.54, 1.807) is 6.07 Å². The van der Waals surface area contributed by atoms with Crippen LogP contribution in [0.3, 0.4) is 0 Å². The summed E-state index contributed by atoms with van der Waals surface area (Å²) in [6.45, 7) is 0.0433. The predicted molar refractivity (Wildman–Crippen MR) is 68.6 cm³/mol. The van der Waals surface area contributed by atoms with Crippen molar-refractivity contribution in [2.24, 2.45) is 0 Å². The molecule has 2 rings (SSSR count). The van der Waals surface area contributed by atoms with Gasteiger partial charge in [0, 0.05) is 12.3 Å². The highest BCUT2D eigenvalue weighted by Crippen LogP contribution is 2.20. The van der Waals surface area contributed by atoms with Crippen LogP contribution in [0.5, 0.6) is 5.88 Å². The maximum absolute atomic E-state index is 11.5. The minimum atomic E-state index is -0.252. The molecule has 1 aromatic rings. The van der Waals surface area contributed by atoms with Crippen LogP contribution in [0.4, 0.5) is 5.95 Å². The van der Waals surface area contributed by atoms with Crippen molar-refractivity contribution >= 4 is 11.9 Å². The lowest BCUT2D eigenvalue weighted by Gasteiger charge is -2.11. The molecular weight excluding hydrogens is 248 g/mol. The predicted octanol–water partition coefficient (Wildman–Crippen LogP) is 0.887. The quantitative estimate of drug-likeness (QED) is 0.744. The second-order valence-corrected chi connectivity index (χ2v) is 4.31. The maximum Gasteiger partial charge on any atom is 0.264 e. The van der Waals surface area contributed by atoms with Gasteiger partial charge in [0.25, 0.3) is 5.91 Å². The third-order valence-electron chi connectivity index (χ3n) is 2.91. The van der Waals surface area contributed by atoms with Crippen LogP contribution in [0.15, 0.2) is 12.3 Å². The molecule has 19 heavy (non-hydrogen) atoms. The number of carbonyl (C=O) groups excluding carboxylic acids is 1. The average molecular weight is 266 g/mol. The molecule has 0 aliphatic heterocycles. The summed E-state index contributed by atoms with van der Waals surface area (Å²) >= 11 is 0. The first-order valence-electron chi connectivity index (χ1n) is 6.31. The highest BCUT2D eigenvalue weighted by molar-refractivity contribution is 5.78. The molecule has 104 valence electrons. The first kappa shape index (κ1) is 13.5. The first-order chi connectivity index (χ1) is 9.28. The van der Waals surface area contributed by atoms with Crippen LogP contribution < -0.4 is 15.6 Å². The summed E-state index contributed by atoms with van der Waals surface area (Å²) in [6, 6.07) is 1.62. The van der Waals surface area contributed by atoms with Gasteiger partial charge in [-0.2, -0.15) is 4.98 Å². The molecule has 0 bridgehead atoms. The highest BCUT2D eigenvalue weighted by atomic mass is 16.5. The Kier molecular flexibility index (Phi) is 4.91. The Morgan fingerprint density at radius 2 is 2.26 bits per heavy atom. The highest BCUT2D eigenvalue weighted by Gasteiger charge is 2.16. The number of amides is 1. The molecule has 0 radical (unpaired) electrons. The molecule has 0 saturated heterocycles. The second kappa shape index (κ2) is 6.89. The van der Waals surface area contributed by atoms with Gasteiger partial charge in [-0.05, 0) is 12.8 Å². The molecule has 0 aromatic carbocycles. The Morgan fingerprint density at radius 3 is 3.00 bits per heavy atom. The van der Waals surface area contributed by atoms with Crippen molar-refractivity contribution in [3.8, 4) is 5.88 Å². The van der Waals surface area contributed by atoms with Gasteiger partial charge in [-0.1, -0.05) is 12.8 Å². The van der Waals surface area contributed by atoms with Gasteiger partial charge in [0.1, 0.15) is 6.61 Å². The van der Waals surface area contributed by atoms with E-state index < -0.39 is 0 Å². The molecule has 1 amide bonds. The molecule has 1 aliphatic carbocycles. The largest absolute Gasteiger partial charge is 0.481 e. The molecule has 1 aliphatic rings. The zero-order valence-electron chi connectivity index (χ0n) is 10.9. The summed E-state index contributed by atoms with van der Waals surface area (Å²) in [7, 11) is 1.51. The fraction of sp³-hybridized carbons (Fsp3) is 0.583. The van der Waals surface area contributed by atoms with Crippen LogP contribution in [-0.4, -0.2) is 35.7 Å². The number of aromatic nitrogens is 2. The molecule has 0 spiro atoms. The average Bonchev–Trinajstić information content (AvgIpc) is 2.96. The summed E-state index contributed by atoms with van der Waals surface area (Å²) in [5.41, 5.74) is 5.09. The van der Waals surface area contributed by atoms with Crippen molar-refractivity contribution in [2.45, 2.75) is 31.8 Å².